The second-order valence-electron chi connectivity index (χ2n) is 5.74. The zero-order valence-corrected chi connectivity index (χ0v) is 13.2. The Kier molecular flexibility index (Phi) is 4.78. The summed E-state index contributed by atoms with van der Waals surface area (Å²) in [6, 6.07) is 9.82. The topological polar surface area (TPSA) is 49.0 Å². The number of amides is 1. The van der Waals surface area contributed by atoms with Crippen LogP contribution in [0.4, 0.5) is 0 Å². The van der Waals surface area contributed by atoms with E-state index in [1.807, 2.05) is 35.2 Å². The summed E-state index contributed by atoms with van der Waals surface area (Å²) in [5, 5.41) is 7.76. The first kappa shape index (κ1) is 15.1. The van der Waals surface area contributed by atoms with E-state index in [1.165, 1.54) is 0 Å². The Morgan fingerprint density at radius 3 is 2.82 bits per heavy atom. The number of piperidine rings is 1. The van der Waals surface area contributed by atoms with E-state index in [2.05, 4.69) is 10.2 Å². The van der Waals surface area contributed by atoms with E-state index in [-0.39, 0.29) is 11.9 Å². The summed E-state index contributed by atoms with van der Waals surface area (Å²) in [5.74, 6) is 0.217. The van der Waals surface area contributed by atoms with Gasteiger partial charge in [-0.1, -0.05) is 23.7 Å². The third-order valence-corrected chi connectivity index (χ3v) is 4.50. The number of nitrogens with zero attached hydrogens (tertiary/aromatic N) is 2. The molecule has 2 aromatic rings. The SMILES string of the molecule is O=C(CCc1ccc(Cl)cc1)N1CCCC[C@@H]1c1ccn[nH]1. The number of carbonyl (C=O) groups is 1. The average Bonchev–Trinajstić information content (AvgIpc) is 3.08. The summed E-state index contributed by atoms with van der Waals surface area (Å²) < 4.78 is 0. The number of carbonyl (C=O) groups excluding carboxylic acids is 1. The third kappa shape index (κ3) is 3.50. The lowest BCUT2D eigenvalue weighted by Gasteiger charge is -2.35. The van der Waals surface area contributed by atoms with E-state index in [4.69, 9.17) is 11.6 Å². The molecule has 4 nitrogen and oxygen atoms in total. The van der Waals surface area contributed by atoms with E-state index >= 15 is 0 Å². The van der Waals surface area contributed by atoms with Crippen molar-refractivity contribution in [1.29, 1.82) is 0 Å². The smallest absolute Gasteiger partial charge is 0.223 e. The van der Waals surface area contributed by atoms with Gasteiger partial charge in [0.2, 0.25) is 5.91 Å². The number of likely N-dealkylation sites (tertiary alicyclic amines) is 1. The highest BCUT2D eigenvalue weighted by molar-refractivity contribution is 6.30. The molecule has 0 radical (unpaired) electrons. The molecule has 1 fully saturated rings. The van der Waals surface area contributed by atoms with Crippen LogP contribution < -0.4 is 0 Å². The van der Waals surface area contributed by atoms with Gasteiger partial charge in [0.15, 0.2) is 0 Å². The number of H-pyrrole nitrogens is 1. The predicted octanol–water partition coefficient (Wildman–Crippen LogP) is 3.75. The Morgan fingerprint density at radius 1 is 1.27 bits per heavy atom. The second kappa shape index (κ2) is 6.97. The van der Waals surface area contributed by atoms with E-state index < -0.39 is 0 Å². The first-order valence-corrected chi connectivity index (χ1v) is 8.15. The molecule has 1 aliphatic rings. The number of rotatable bonds is 4. The van der Waals surface area contributed by atoms with Gasteiger partial charge in [-0.2, -0.15) is 5.10 Å². The number of benzene rings is 1. The Morgan fingerprint density at radius 2 is 2.09 bits per heavy atom. The molecule has 1 aliphatic heterocycles. The van der Waals surface area contributed by atoms with Crippen molar-refractivity contribution < 1.29 is 4.79 Å². The Bertz CT molecular complexity index is 609. The first-order valence-electron chi connectivity index (χ1n) is 7.77. The fourth-order valence-electron chi connectivity index (χ4n) is 3.05. The number of aromatic nitrogens is 2. The van der Waals surface area contributed by atoms with Crippen LogP contribution in [0.3, 0.4) is 0 Å². The van der Waals surface area contributed by atoms with E-state index in [0.29, 0.717) is 6.42 Å². The molecule has 0 bridgehead atoms. The average molecular weight is 318 g/mol. The molecule has 0 aliphatic carbocycles. The van der Waals surface area contributed by atoms with Gasteiger partial charge >= 0.3 is 0 Å². The van der Waals surface area contributed by atoms with Crippen molar-refractivity contribution in [2.75, 3.05) is 6.54 Å². The summed E-state index contributed by atoms with van der Waals surface area (Å²) in [4.78, 5) is 14.6. The van der Waals surface area contributed by atoms with E-state index in [0.717, 1.165) is 48.5 Å². The molecule has 1 aromatic heterocycles. The van der Waals surface area contributed by atoms with Gasteiger partial charge in [0.05, 0.1) is 11.7 Å². The molecular weight excluding hydrogens is 298 g/mol. The zero-order chi connectivity index (χ0) is 15.4. The van der Waals surface area contributed by atoms with Crippen LogP contribution in [0.1, 0.15) is 43.0 Å². The molecule has 1 atom stereocenters. The molecule has 0 unspecified atom stereocenters. The maximum atomic E-state index is 12.6. The van der Waals surface area contributed by atoms with Gasteiger partial charge in [0.1, 0.15) is 0 Å². The molecule has 5 heteroatoms. The molecule has 2 heterocycles. The van der Waals surface area contributed by atoms with Crippen molar-refractivity contribution in [1.82, 2.24) is 15.1 Å². The highest BCUT2D eigenvalue weighted by Crippen LogP contribution is 2.30. The molecule has 3 rings (SSSR count). The first-order chi connectivity index (χ1) is 10.7. The molecule has 1 N–H and O–H groups in total. The molecule has 1 aromatic carbocycles. The van der Waals surface area contributed by atoms with Gasteiger partial charge in [-0.15, -0.1) is 0 Å². The van der Waals surface area contributed by atoms with Crippen LogP contribution >= 0.6 is 11.6 Å². The summed E-state index contributed by atoms with van der Waals surface area (Å²) in [5.41, 5.74) is 2.19. The number of aromatic amines is 1. The van der Waals surface area contributed by atoms with Crippen LogP contribution in [0.15, 0.2) is 36.5 Å². The zero-order valence-electron chi connectivity index (χ0n) is 12.5. The van der Waals surface area contributed by atoms with Crippen LogP contribution in [0.2, 0.25) is 5.02 Å². The number of hydrogen-bond acceptors (Lipinski definition) is 2. The predicted molar refractivity (Wildman–Crippen MR) is 86.7 cm³/mol. The Hall–Kier alpha value is -1.81. The standard InChI is InChI=1S/C17H20ClN3O/c18-14-7-4-13(5-8-14)6-9-17(22)21-12-2-1-3-16(21)15-10-11-19-20-15/h4-5,7-8,10-11,16H,1-3,6,9,12H2,(H,19,20)/t16-/m1/s1. The number of aryl methyl sites for hydroxylation is 1. The quantitative estimate of drug-likeness (QED) is 0.933. The maximum Gasteiger partial charge on any atom is 0.223 e. The lowest BCUT2D eigenvalue weighted by molar-refractivity contribution is -0.135. The van der Waals surface area contributed by atoms with Gasteiger partial charge < -0.3 is 4.90 Å². The van der Waals surface area contributed by atoms with Gasteiger partial charge in [-0.3, -0.25) is 9.89 Å². The monoisotopic (exact) mass is 317 g/mol. The van der Waals surface area contributed by atoms with Crippen LogP contribution in [-0.2, 0) is 11.2 Å². The fourth-order valence-corrected chi connectivity index (χ4v) is 3.18. The minimum absolute atomic E-state index is 0.147. The third-order valence-electron chi connectivity index (χ3n) is 4.25. The summed E-state index contributed by atoms with van der Waals surface area (Å²) >= 11 is 5.89. The lowest BCUT2D eigenvalue weighted by atomic mass is 9.98. The Labute approximate surface area is 135 Å². The minimum Gasteiger partial charge on any atom is -0.334 e. The Balaban J connectivity index is 1.63. The van der Waals surface area contributed by atoms with Gasteiger partial charge in [-0.25, -0.2) is 0 Å². The van der Waals surface area contributed by atoms with Gasteiger partial charge in [-0.05, 0) is 49.4 Å². The summed E-state index contributed by atoms with van der Waals surface area (Å²) in [6.07, 6.45) is 6.28. The molecule has 116 valence electrons. The molecule has 22 heavy (non-hydrogen) atoms. The molecule has 0 saturated carbocycles. The van der Waals surface area contributed by atoms with Crippen LogP contribution in [-0.4, -0.2) is 27.5 Å². The van der Waals surface area contributed by atoms with Crippen LogP contribution in [0.5, 0.6) is 0 Å². The second-order valence-corrected chi connectivity index (χ2v) is 6.17. The maximum absolute atomic E-state index is 12.6. The number of hydrogen-bond donors (Lipinski definition) is 1. The van der Waals surface area contributed by atoms with Crippen molar-refractivity contribution in [3.05, 3.63) is 52.8 Å². The molecule has 1 amide bonds. The highest BCUT2D eigenvalue weighted by atomic mass is 35.5. The highest BCUT2D eigenvalue weighted by Gasteiger charge is 2.28. The minimum atomic E-state index is 0.147. The van der Waals surface area contributed by atoms with Crippen molar-refractivity contribution >= 4 is 17.5 Å². The molecule has 0 spiro atoms. The van der Waals surface area contributed by atoms with E-state index in [9.17, 15) is 4.79 Å². The summed E-state index contributed by atoms with van der Waals surface area (Å²) in [6.45, 7) is 0.836. The normalized spacial score (nSPS) is 18.4. The number of nitrogens with one attached hydrogen (secondary N) is 1. The van der Waals surface area contributed by atoms with Crippen molar-refractivity contribution in [3.63, 3.8) is 0 Å². The molecule has 1 saturated heterocycles. The summed E-state index contributed by atoms with van der Waals surface area (Å²) in [7, 11) is 0. The van der Waals surface area contributed by atoms with Crippen molar-refractivity contribution in [2.45, 2.75) is 38.1 Å². The van der Waals surface area contributed by atoms with Crippen molar-refractivity contribution in [2.24, 2.45) is 0 Å². The van der Waals surface area contributed by atoms with Gasteiger partial charge in [0.25, 0.3) is 0 Å². The fraction of sp³-hybridized carbons (Fsp3) is 0.412. The largest absolute Gasteiger partial charge is 0.334 e. The number of halogens is 1. The van der Waals surface area contributed by atoms with Crippen LogP contribution in [0.25, 0.3) is 0 Å². The van der Waals surface area contributed by atoms with Crippen LogP contribution in [0, 0.1) is 0 Å². The lowest BCUT2D eigenvalue weighted by Crippen LogP contribution is -2.38. The van der Waals surface area contributed by atoms with Crippen molar-refractivity contribution in [3.8, 4) is 0 Å². The van der Waals surface area contributed by atoms with E-state index in [1.54, 1.807) is 6.20 Å². The molecular formula is C17H20ClN3O. The van der Waals surface area contributed by atoms with Gasteiger partial charge in [0, 0.05) is 24.2 Å².